The van der Waals surface area contributed by atoms with E-state index in [1.165, 1.54) is 49.4 Å². The van der Waals surface area contributed by atoms with Gasteiger partial charge in [0.1, 0.15) is 18.7 Å². The predicted molar refractivity (Wildman–Crippen MR) is 413 cm³/mol. The number of rotatable bonds is 44. The first kappa shape index (κ1) is 79.2. The van der Waals surface area contributed by atoms with Crippen LogP contribution in [0.1, 0.15) is 168 Å². The fourth-order valence-electron chi connectivity index (χ4n) is 13.0. The molecule has 0 saturated carbocycles. The van der Waals surface area contributed by atoms with Crippen LogP contribution in [-0.2, 0) is 75.3 Å². The van der Waals surface area contributed by atoms with Gasteiger partial charge in [-0.1, -0.05) is 243 Å². The Morgan fingerprint density at radius 1 is 0.287 bits per heavy atom. The highest BCUT2D eigenvalue weighted by Crippen LogP contribution is 2.19. The maximum absolute atomic E-state index is 13.7. The molecule has 8 rings (SSSR count). The molecule has 0 spiro atoms. The molecule has 12 heteroatoms. The number of aryl methyl sites for hydroxylation is 8. The standard InChI is InChI=1S/C47H61N3O4.C42H53N3O2/c1-47(2,3)54-46(53)50(36-44(51)48-42(32-16-28-38-20-8-4-9-21-38)33-17-29-39-22-10-5-11-23-39)37-45(52)49-43(34-18-30-40-24-12-6-13-25-40)35-19-31-41-26-14-7-15-27-41;46-41(44-39(29-13-25-35-17-5-1-6-18-35)30-14-26-36-19-7-2-8-20-36)33-43-34-42(47)45-40(31-15-27-37-21-9-3-10-22-37)32-16-28-38-23-11-4-12-24-38/h4-15,20-27,42-43H,16-19,28-37H2,1-3H3,(H,48,51)(H,49,52);1-12,17-24,39-40,43H,13-16,25-34H2,(H,44,46)(H,45,47). The van der Waals surface area contributed by atoms with Crippen molar-refractivity contribution in [2.45, 2.75) is 205 Å². The summed E-state index contributed by atoms with van der Waals surface area (Å²) in [4.78, 5) is 68.0. The zero-order chi connectivity index (χ0) is 71.2. The summed E-state index contributed by atoms with van der Waals surface area (Å²) in [6, 6.07) is 83.7. The molecule has 0 unspecified atom stereocenters. The molecule has 0 saturated heterocycles. The van der Waals surface area contributed by atoms with Gasteiger partial charge in [0.2, 0.25) is 23.6 Å². The summed E-state index contributed by atoms with van der Waals surface area (Å²) in [5, 5.41) is 16.1. The van der Waals surface area contributed by atoms with E-state index in [-0.39, 0.29) is 74.0 Å². The van der Waals surface area contributed by atoms with Gasteiger partial charge in [0.25, 0.3) is 0 Å². The van der Waals surface area contributed by atoms with E-state index in [1.54, 1.807) is 20.8 Å². The minimum atomic E-state index is -0.781. The molecule has 0 atom stereocenters. The summed E-state index contributed by atoms with van der Waals surface area (Å²) in [5.74, 6) is -0.685. The smallest absolute Gasteiger partial charge is 0.411 e. The Morgan fingerprint density at radius 2 is 0.465 bits per heavy atom. The second kappa shape index (κ2) is 47.1. The van der Waals surface area contributed by atoms with Crippen LogP contribution < -0.4 is 26.6 Å². The SMILES string of the molecule is CC(C)(C)OC(=O)N(CC(=O)NC(CCCc1ccccc1)CCCc1ccccc1)CC(=O)NC(CCCc1ccccc1)CCCc1ccccc1.O=C(CNCC(=O)NC(CCCc1ccccc1)CCCc1ccccc1)NC(CCCc1ccccc1)CCCc1ccccc1. The molecule has 8 aromatic rings. The molecule has 0 bridgehead atoms. The summed E-state index contributed by atoms with van der Waals surface area (Å²) in [6.07, 6.45) is 21.8. The molecular formula is C89H114N6O6. The quantitative estimate of drug-likeness (QED) is 0.0254. The fourth-order valence-corrected chi connectivity index (χ4v) is 13.0. The second-order valence-electron chi connectivity index (χ2n) is 28.0. The van der Waals surface area contributed by atoms with Crippen molar-refractivity contribution in [3.8, 4) is 0 Å². The van der Waals surface area contributed by atoms with Gasteiger partial charge >= 0.3 is 6.09 Å². The van der Waals surface area contributed by atoms with Crippen molar-refractivity contribution < 1.29 is 28.7 Å². The Bertz CT molecular complexity index is 3110. The highest BCUT2D eigenvalue weighted by molar-refractivity contribution is 5.87. The lowest BCUT2D eigenvalue weighted by atomic mass is 9.99. The number of benzene rings is 8. The third-order valence-electron chi connectivity index (χ3n) is 18.2. The van der Waals surface area contributed by atoms with Gasteiger partial charge in [-0.2, -0.15) is 0 Å². The van der Waals surface area contributed by atoms with Crippen LogP contribution in [0.2, 0.25) is 0 Å². The number of carbonyl (C=O) groups excluding carboxylic acids is 5. The molecule has 0 aliphatic heterocycles. The molecule has 12 nitrogen and oxygen atoms in total. The number of carbonyl (C=O) groups is 5. The molecule has 536 valence electrons. The van der Waals surface area contributed by atoms with Crippen LogP contribution >= 0.6 is 0 Å². The van der Waals surface area contributed by atoms with E-state index >= 15 is 0 Å². The highest BCUT2D eigenvalue weighted by atomic mass is 16.6. The molecule has 101 heavy (non-hydrogen) atoms. The largest absolute Gasteiger partial charge is 0.444 e. The van der Waals surface area contributed by atoms with Crippen molar-refractivity contribution in [1.82, 2.24) is 31.5 Å². The first-order chi connectivity index (χ1) is 49.3. The van der Waals surface area contributed by atoms with Crippen LogP contribution in [0.5, 0.6) is 0 Å². The van der Waals surface area contributed by atoms with Crippen molar-refractivity contribution in [2.24, 2.45) is 0 Å². The number of nitrogens with one attached hydrogen (secondary N) is 5. The van der Waals surface area contributed by atoms with Gasteiger partial charge in [-0.05, 0) is 219 Å². The van der Waals surface area contributed by atoms with Crippen LogP contribution in [0.25, 0.3) is 0 Å². The van der Waals surface area contributed by atoms with Gasteiger partial charge in [-0.25, -0.2) is 4.79 Å². The Labute approximate surface area is 604 Å². The summed E-state index contributed by atoms with van der Waals surface area (Å²) in [6.45, 7) is 5.10. The minimum absolute atomic E-state index is 0.0514. The topological polar surface area (TPSA) is 158 Å². The van der Waals surface area contributed by atoms with Crippen LogP contribution in [0.4, 0.5) is 4.79 Å². The first-order valence-corrected chi connectivity index (χ1v) is 37.4. The summed E-state index contributed by atoms with van der Waals surface area (Å²) >= 11 is 0. The molecule has 5 N–H and O–H groups in total. The zero-order valence-corrected chi connectivity index (χ0v) is 60.6. The lowest BCUT2D eigenvalue weighted by molar-refractivity contribution is -0.126. The van der Waals surface area contributed by atoms with E-state index in [4.69, 9.17) is 4.74 Å². The van der Waals surface area contributed by atoms with Crippen molar-refractivity contribution in [3.63, 3.8) is 0 Å². The molecule has 0 heterocycles. The molecule has 8 aromatic carbocycles. The maximum Gasteiger partial charge on any atom is 0.411 e. The maximum atomic E-state index is 13.7. The van der Waals surface area contributed by atoms with E-state index in [0.29, 0.717) is 0 Å². The van der Waals surface area contributed by atoms with Gasteiger partial charge in [0.15, 0.2) is 0 Å². The van der Waals surface area contributed by atoms with E-state index < -0.39 is 11.7 Å². The average Bonchev–Trinajstić information content (AvgIpc) is 0.978. The van der Waals surface area contributed by atoms with Crippen LogP contribution in [-0.4, -0.2) is 90.6 Å². The number of hydrogen-bond donors (Lipinski definition) is 5. The van der Waals surface area contributed by atoms with Crippen LogP contribution in [0.3, 0.4) is 0 Å². The summed E-state index contributed by atoms with van der Waals surface area (Å²) < 4.78 is 5.69. The molecule has 0 aliphatic rings. The highest BCUT2D eigenvalue weighted by Gasteiger charge is 2.28. The van der Waals surface area contributed by atoms with Gasteiger partial charge in [-0.15, -0.1) is 0 Å². The van der Waals surface area contributed by atoms with Gasteiger partial charge in [0.05, 0.1) is 13.1 Å². The Balaban J connectivity index is 0.000000286. The normalized spacial score (nSPS) is 11.2. The van der Waals surface area contributed by atoms with E-state index in [2.05, 4.69) is 172 Å². The van der Waals surface area contributed by atoms with Crippen LogP contribution in [0, 0.1) is 0 Å². The number of amides is 5. The summed E-state index contributed by atoms with van der Waals surface area (Å²) in [5.41, 5.74) is 9.61. The van der Waals surface area contributed by atoms with Crippen molar-refractivity contribution >= 4 is 29.7 Å². The summed E-state index contributed by atoms with van der Waals surface area (Å²) in [7, 11) is 0. The number of nitrogens with zero attached hydrogens (tertiary/aromatic N) is 1. The van der Waals surface area contributed by atoms with Crippen molar-refractivity contribution in [3.05, 3.63) is 287 Å². The molecule has 0 radical (unpaired) electrons. The number of ether oxygens (including phenoxy) is 1. The fraction of sp³-hybridized carbons (Fsp3) is 0.404. The minimum Gasteiger partial charge on any atom is -0.444 e. The van der Waals surface area contributed by atoms with E-state index in [1.807, 2.05) is 97.1 Å². The lowest BCUT2D eigenvalue weighted by Crippen LogP contribution is -2.50. The number of hydrogen-bond acceptors (Lipinski definition) is 7. The molecule has 0 aromatic heterocycles. The van der Waals surface area contributed by atoms with Gasteiger partial charge in [-0.3, -0.25) is 29.4 Å². The third kappa shape index (κ3) is 35.7. The molecule has 0 fully saturated rings. The molecule has 5 amide bonds. The molecular weight excluding hydrogens is 1250 g/mol. The van der Waals surface area contributed by atoms with Crippen molar-refractivity contribution in [1.29, 1.82) is 0 Å². The van der Waals surface area contributed by atoms with Gasteiger partial charge < -0.3 is 26.0 Å². The molecule has 0 aliphatic carbocycles. The monoisotopic (exact) mass is 1360 g/mol. The Kier molecular flexibility index (Phi) is 36.9. The third-order valence-corrected chi connectivity index (χ3v) is 18.2. The van der Waals surface area contributed by atoms with Crippen LogP contribution in [0.15, 0.2) is 243 Å². The Morgan fingerprint density at radius 3 is 0.644 bits per heavy atom. The van der Waals surface area contributed by atoms with E-state index in [9.17, 15) is 24.0 Å². The van der Waals surface area contributed by atoms with E-state index in [0.717, 1.165) is 154 Å². The lowest BCUT2D eigenvalue weighted by Gasteiger charge is -2.28. The Hall–Kier alpha value is -9.13. The predicted octanol–water partition coefficient (Wildman–Crippen LogP) is 16.9. The zero-order valence-electron chi connectivity index (χ0n) is 60.6. The van der Waals surface area contributed by atoms with Crippen molar-refractivity contribution in [2.75, 3.05) is 26.2 Å². The second-order valence-corrected chi connectivity index (χ2v) is 28.0. The first-order valence-electron chi connectivity index (χ1n) is 37.4. The average molecular weight is 1360 g/mol. The van der Waals surface area contributed by atoms with Gasteiger partial charge in [0, 0.05) is 24.2 Å².